The summed E-state index contributed by atoms with van der Waals surface area (Å²) in [6.45, 7) is 2.30. The van der Waals surface area contributed by atoms with Crippen molar-refractivity contribution in [1.29, 1.82) is 0 Å². The molecule has 1 aliphatic rings. The zero-order chi connectivity index (χ0) is 16.1. The van der Waals surface area contributed by atoms with Crippen LogP contribution in [0.4, 0.5) is 5.69 Å². The first-order chi connectivity index (χ1) is 10.5. The van der Waals surface area contributed by atoms with Gasteiger partial charge in [-0.3, -0.25) is 14.4 Å². The first-order valence-corrected chi connectivity index (χ1v) is 7.40. The molecule has 2 rings (SSSR count). The van der Waals surface area contributed by atoms with Gasteiger partial charge in [-0.25, -0.2) is 0 Å². The highest BCUT2D eigenvalue weighted by molar-refractivity contribution is 5.90. The molecule has 0 radical (unpaired) electrons. The number of carbonyl (C=O) groups is 3. The smallest absolute Gasteiger partial charge is 0.307 e. The van der Waals surface area contributed by atoms with Gasteiger partial charge in [-0.2, -0.15) is 0 Å². The predicted octanol–water partition coefficient (Wildman–Crippen LogP) is 1.76. The van der Waals surface area contributed by atoms with E-state index in [0.29, 0.717) is 19.4 Å². The van der Waals surface area contributed by atoms with Crippen molar-refractivity contribution < 1.29 is 19.5 Å². The van der Waals surface area contributed by atoms with Gasteiger partial charge in [0.2, 0.25) is 11.8 Å². The number of aliphatic carboxylic acids is 1. The van der Waals surface area contributed by atoms with Gasteiger partial charge in [0.25, 0.3) is 0 Å². The predicted molar refractivity (Wildman–Crippen MR) is 81.1 cm³/mol. The zero-order valence-electron chi connectivity index (χ0n) is 12.5. The Kier molecular flexibility index (Phi) is 5.14. The molecule has 0 heterocycles. The molecule has 1 aliphatic carbocycles. The molecule has 22 heavy (non-hydrogen) atoms. The molecular weight excluding hydrogens is 284 g/mol. The van der Waals surface area contributed by atoms with E-state index in [1.807, 2.05) is 19.1 Å². The number of rotatable bonds is 7. The normalized spacial score (nSPS) is 19.3. The third kappa shape index (κ3) is 4.31. The van der Waals surface area contributed by atoms with Gasteiger partial charge in [0, 0.05) is 18.7 Å². The quantitative estimate of drug-likeness (QED) is 0.715. The van der Waals surface area contributed by atoms with Crippen LogP contribution < -0.4 is 10.6 Å². The van der Waals surface area contributed by atoms with Crippen LogP contribution in [0.1, 0.15) is 31.7 Å². The molecule has 1 aromatic carbocycles. The molecule has 0 spiro atoms. The van der Waals surface area contributed by atoms with Crippen molar-refractivity contribution in [3.63, 3.8) is 0 Å². The standard InChI is InChI=1S/C16H20N2O4/c1-2-3-14(19)18-11-6-4-10(5-7-11)9-17-15(20)12-8-13(12)16(21)22/h4-7,12-13H,2-3,8-9H2,1H3,(H,17,20)(H,18,19)(H,21,22). The first-order valence-electron chi connectivity index (χ1n) is 7.40. The van der Waals surface area contributed by atoms with Crippen LogP contribution in [0.15, 0.2) is 24.3 Å². The molecule has 2 amide bonds. The molecule has 2 unspecified atom stereocenters. The Bertz CT molecular complexity index is 568. The number of carboxylic acids is 1. The maximum Gasteiger partial charge on any atom is 0.307 e. The van der Waals surface area contributed by atoms with Crippen LogP contribution in [0.5, 0.6) is 0 Å². The monoisotopic (exact) mass is 304 g/mol. The average molecular weight is 304 g/mol. The van der Waals surface area contributed by atoms with Crippen molar-refractivity contribution in [3.8, 4) is 0 Å². The van der Waals surface area contributed by atoms with E-state index in [4.69, 9.17) is 5.11 Å². The summed E-state index contributed by atoms with van der Waals surface area (Å²) in [4.78, 5) is 33.9. The second-order valence-electron chi connectivity index (χ2n) is 5.50. The van der Waals surface area contributed by atoms with E-state index in [-0.39, 0.29) is 11.8 Å². The van der Waals surface area contributed by atoms with Gasteiger partial charge in [-0.05, 0) is 30.5 Å². The van der Waals surface area contributed by atoms with Gasteiger partial charge in [-0.15, -0.1) is 0 Å². The summed E-state index contributed by atoms with van der Waals surface area (Å²) in [5, 5.41) is 14.3. The summed E-state index contributed by atoms with van der Waals surface area (Å²) in [7, 11) is 0. The second kappa shape index (κ2) is 7.06. The summed E-state index contributed by atoms with van der Waals surface area (Å²) in [5.74, 6) is -2.07. The summed E-state index contributed by atoms with van der Waals surface area (Å²) in [6.07, 6.45) is 1.71. The number of anilines is 1. The average Bonchev–Trinajstić information content (AvgIpc) is 3.27. The van der Waals surface area contributed by atoms with Gasteiger partial charge in [0.1, 0.15) is 0 Å². The Morgan fingerprint density at radius 1 is 1.18 bits per heavy atom. The highest BCUT2D eigenvalue weighted by atomic mass is 16.4. The summed E-state index contributed by atoms with van der Waals surface area (Å²) in [6, 6.07) is 7.21. The Morgan fingerprint density at radius 3 is 2.41 bits per heavy atom. The highest BCUT2D eigenvalue weighted by Crippen LogP contribution is 2.38. The largest absolute Gasteiger partial charge is 0.481 e. The zero-order valence-corrected chi connectivity index (χ0v) is 12.5. The van der Waals surface area contributed by atoms with Crippen LogP contribution >= 0.6 is 0 Å². The van der Waals surface area contributed by atoms with E-state index in [9.17, 15) is 14.4 Å². The molecule has 1 aromatic rings. The van der Waals surface area contributed by atoms with Crippen LogP contribution in [-0.4, -0.2) is 22.9 Å². The van der Waals surface area contributed by atoms with Crippen molar-refractivity contribution in [2.45, 2.75) is 32.7 Å². The van der Waals surface area contributed by atoms with Crippen molar-refractivity contribution >= 4 is 23.5 Å². The second-order valence-corrected chi connectivity index (χ2v) is 5.50. The number of nitrogens with one attached hydrogen (secondary N) is 2. The fourth-order valence-electron chi connectivity index (χ4n) is 2.23. The lowest BCUT2D eigenvalue weighted by Crippen LogP contribution is -2.25. The van der Waals surface area contributed by atoms with E-state index in [0.717, 1.165) is 17.7 Å². The molecular formula is C16H20N2O4. The molecule has 0 saturated heterocycles. The van der Waals surface area contributed by atoms with Crippen LogP contribution in [0.25, 0.3) is 0 Å². The fraction of sp³-hybridized carbons (Fsp3) is 0.438. The molecule has 6 heteroatoms. The molecule has 1 fully saturated rings. The third-order valence-electron chi connectivity index (χ3n) is 3.63. The number of amides is 2. The van der Waals surface area contributed by atoms with Gasteiger partial charge < -0.3 is 15.7 Å². The third-order valence-corrected chi connectivity index (χ3v) is 3.63. The lowest BCUT2D eigenvalue weighted by molar-refractivity contribution is -0.140. The van der Waals surface area contributed by atoms with E-state index < -0.39 is 17.8 Å². The Hall–Kier alpha value is -2.37. The highest BCUT2D eigenvalue weighted by Gasteiger charge is 2.48. The van der Waals surface area contributed by atoms with Crippen molar-refractivity contribution in [1.82, 2.24) is 5.32 Å². The van der Waals surface area contributed by atoms with E-state index in [1.54, 1.807) is 12.1 Å². The molecule has 3 N–H and O–H groups in total. The molecule has 0 bridgehead atoms. The van der Waals surface area contributed by atoms with E-state index >= 15 is 0 Å². The van der Waals surface area contributed by atoms with Gasteiger partial charge in [0.05, 0.1) is 11.8 Å². The van der Waals surface area contributed by atoms with Gasteiger partial charge in [-0.1, -0.05) is 19.1 Å². The Labute approximate surface area is 128 Å². The Balaban J connectivity index is 1.78. The number of benzene rings is 1. The van der Waals surface area contributed by atoms with E-state index in [1.165, 1.54) is 0 Å². The maximum atomic E-state index is 11.7. The lowest BCUT2D eigenvalue weighted by atomic mass is 10.2. The van der Waals surface area contributed by atoms with Crippen LogP contribution in [-0.2, 0) is 20.9 Å². The van der Waals surface area contributed by atoms with Crippen molar-refractivity contribution in [2.75, 3.05) is 5.32 Å². The molecule has 0 aliphatic heterocycles. The van der Waals surface area contributed by atoms with E-state index in [2.05, 4.69) is 10.6 Å². The molecule has 2 atom stereocenters. The van der Waals surface area contributed by atoms with Gasteiger partial charge in [0.15, 0.2) is 0 Å². The molecule has 6 nitrogen and oxygen atoms in total. The minimum absolute atomic E-state index is 0.0167. The van der Waals surface area contributed by atoms with Crippen molar-refractivity contribution in [3.05, 3.63) is 29.8 Å². The SMILES string of the molecule is CCCC(=O)Nc1ccc(CNC(=O)C2CC2C(=O)O)cc1. The number of hydrogen-bond donors (Lipinski definition) is 3. The topological polar surface area (TPSA) is 95.5 Å². The molecule has 1 saturated carbocycles. The molecule has 0 aromatic heterocycles. The Morgan fingerprint density at radius 2 is 1.86 bits per heavy atom. The minimum Gasteiger partial charge on any atom is -0.481 e. The van der Waals surface area contributed by atoms with Crippen LogP contribution in [0.3, 0.4) is 0 Å². The van der Waals surface area contributed by atoms with Crippen LogP contribution in [0, 0.1) is 11.8 Å². The first kappa shape index (κ1) is 16.0. The van der Waals surface area contributed by atoms with Gasteiger partial charge >= 0.3 is 5.97 Å². The molecule has 118 valence electrons. The number of carboxylic acid groups (broad SMARTS) is 1. The lowest BCUT2D eigenvalue weighted by Gasteiger charge is -2.07. The summed E-state index contributed by atoms with van der Waals surface area (Å²) in [5.41, 5.74) is 1.62. The van der Waals surface area contributed by atoms with Crippen molar-refractivity contribution in [2.24, 2.45) is 11.8 Å². The summed E-state index contributed by atoms with van der Waals surface area (Å²) < 4.78 is 0. The number of hydrogen-bond acceptors (Lipinski definition) is 3. The fourth-order valence-corrected chi connectivity index (χ4v) is 2.23. The number of carbonyl (C=O) groups excluding carboxylic acids is 2. The maximum absolute atomic E-state index is 11.7. The van der Waals surface area contributed by atoms with Crippen LogP contribution in [0.2, 0.25) is 0 Å². The minimum atomic E-state index is -0.910. The summed E-state index contributed by atoms with van der Waals surface area (Å²) >= 11 is 0.